The van der Waals surface area contributed by atoms with Crippen molar-refractivity contribution in [2.75, 3.05) is 7.05 Å². The van der Waals surface area contributed by atoms with E-state index in [1.165, 1.54) is 17.9 Å². The summed E-state index contributed by atoms with van der Waals surface area (Å²) in [6.45, 7) is 0.320. The standard InChI is InChI=1S/C9H13N5O2/c1-10-4-14-7-6(12(2)5-11-7)8(15)13(3)9(14)16/h5,10H,4H2,1-3H3. The molecule has 2 rings (SSSR count). The van der Waals surface area contributed by atoms with E-state index in [2.05, 4.69) is 10.3 Å². The average Bonchev–Trinajstić information content (AvgIpc) is 2.64. The highest BCUT2D eigenvalue weighted by Gasteiger charge is 2.13. The zero-order chi connectivity index (χ0) is 11.9. The number of hydrogen-bond donors (Lipinski definition) is 1. The summed E-state index contributed by atoms with van der Waals surface area (Å²) in [5, 5.41) is 2.87. The van der Waals surface area contributed by atoms with E-state index in [0.717, 1.165) is 4.57 Å². The predicted octanol–water partition coefficient (Wildman–Crippen LogP) is -1.39. The molecule has 2 aromatic rings. The smallest absolute Gasteiger partial charge is 0.328 e. The molecule has 0 spiro atoms. The summed E-state index contributed by atoms with van der Waals surface area (Å²) in [6.07, 6.45) is 1.53. The third-order valence-corrected chi connectivity index (χ3v) is 2.51. The lowest BCUT2D eigenvalue weighted by Crippen LogP contribution is -2.40. The first-order chi connectivity index (χ1) is 7.57. The van der Waals surface area contributed by atoms with Crippen LogP contribution in [0.1, 0.15) is 0 Å². The Bertz CT molecular complexity index is 648. The van der Waals surface area contributed by atoms with Gasteiger partial charge in [-0.3, -0.25) is 13.9 Å². The summed E-state index contributed by atoms with van der Waals surface area (Å²) in [4.78, 5) is 27.8. The number of aromatic nitrogens is 4. The van der Waals surface area contributed by atoms with Gasteiger partial charge < -0.3 is 9.88 Å². The highest BCUT2D eigenvalue weighted by atomic mass is 16.2. The molecule has 0 atom stereocenters. The van der Waals surface area contributed by atoms with Crippen LogP contribution in [-0.2, 0) is 20.8 Å². The van der Waals surface area contributed by atoms with Crippen LogP contribution in [0.25, 0.3) is 11.2 Å². The predicted molar refractivity (Wildman–Crippen MR) is 59.3 cm³/mol. The number of aryl methyl sites for hydroxylation is 1. The fourth-order valence-electron chi connectivity index (χ4n) is 1.68. The maximum Gasteiger partial charge on any atom is 0.333 e. The van der Waals surface area contributed by atoms with E-state index in [-0.39, 0.29) is 11.2 Å². The van der Waals surface area contributed by atoms with Crippen LogP contribution in [0.3, 0.4) is 0 Å². The number of rotatable bonds is 2. The van der Waals surface area contributed by atoms with Crippen LogP contribution in [0, 0.1) is 0 Å². The van der Waals surface area contributed by atoms with Crippen molar-refractivity contribution in [1.29, 1.82) is 0 Å². The summed E-state index contributed by atoms with van der Waals surface area (Å²) < 4.78 is 4.13. The quantitative estimate of drug-likeness (QED) is 0.680. The molecule has 86 valence electrons. The maximum atomic E-state index is 11.9. The molecular formula is C9H13N5O2. The van der Waals surface area contributed by atoms with Gasteiger partial charge in [-0.1, -0.05) is 0 Å². The SMILES string of the molecule is CNCn1c(=O)n(C)c(=O)c2c1ncn2C. The monoisotopic (exact) mass is 223 g/mol. The Morgan fingerprint density at radius 3 is 2.69 bits per heavy atom. The normalized spacial score (nSPS) is 11.2. The van der Waals surface area contributed by atoms with Gasteiger partial charge in [0.05, 0.1) is 13.0 Å². The highest BCUT2D eigenvalue weighted by Crippen LogP contribution is 2.03. The topological polar surface area (TPSA) is 73.8 Å². The first-order valence-corrected chi connectivity index (χ1v) is 4.83. The Morgan fingerprint density at radius 1 is 1.38 bits per heavy atom. The third-order valence-electron chi connectivity index (χ3n) is 2.51. The molecule has 2 heterocycles. The van der Waals surface area contributed by atoms with Crippen LogP contribution in [0.5, 0.6) is 0 Å². The number of nitrogens with zero attached hydrogens (tertiary/aromatic N) is 4. The minimum atomic E-state index is -0.370. The summed E-state index contributed by atoms with van der Waals surface area (Å²) in [7, 11) is 4.92. The molecule has 0 fully saturated rings. The Morgan fingerprint density at radius 2 is 2.06 bits per heavy atom. The summed E-state index contributed by atoms with van der Waals surface area (Å²) in [6, 6.07) is 0. The van der Waals surface area contributed by atoms with Crippen molar-refractivity contribution < 1.29 is 0 Å². The molecule has 0 bridgehead atoms. The number of hydrogen-bond acceptors (Lipinski definition) is 4. The molecule has 16 heavy (non-hydrogen) atoms. The van der Waals surface area contributed by atoms with Crippen LogP contribution in [0.4, 0.5) is 0 Å². The molecule has 0 aromatic carbocycles. The lowest BCUT2D eigenvalue weighted by Gasteiger charge is -2.07. The fraction of sp³-hybridized carbons (Fsp3) is 0.444. The Labute approximate surface area is 90.9 Å². The Kier molecular flexibility index (Phi) is 2.39. The van der Waals surface area contributed by atoms with Crippen LogP contribution >= 0.6 is 0 Å². The van der Waals surface area contributed by atoms with Gasteiger partial charge >= 0.3 is 5.69 Å². The lowest BCUT2D eigenvalue weighted by molar-refractivity contribution is 0.570. The van der Waals surface area contributed by atoms with Gasteiger partial charge in [-0.25, -0.2) is 9.78 Å². The van der Waals surface area contributed by atoms with Gasteiger partial charge in [0.25, 0.3) is 5.56 Å². The molecule has 0 radical (unpaired) electrons. The molecule has 0 unspecified atom stereocenters. The molecule has 7 nitrogen and oxygen atoms in total. The second-order valence-electron chi connectivity index (χ2n) is 3.61. The zero-order valence-electron chi connectivity index (χ0n) is 9.39. The van der Waals surface area contributed by atoms with E-state index < -0.39 is 0 Å². The van der Waals surface area contributed by atoms with Crippen molar-refractivity contribution in [3.63, 3.8) is 0 Å². The zero-order valence-corrected chi connectivity index (χ0v) is 9.39. The number of fused-ring (bicyclic) bond motifs is 1. The Hall–Kier alpha value is -1.89. The van der Waals surface area contributed by atoms with Gasteiger partial charge in [-0.15, -0.1) is 0 Å². The summed E-state index contributed by atoms with van der Waals surface area (Å²) in [5.41, 5.74) is 0.139. The number of nitrogens with one attached hydrogen (secondary N) is 1. The summed E-state index contributed by atoms with van der Waals surface area (Å²) in [5.74, 6) is 0. The van der Waals surface area contributed by atoms with Gasteiger partial charge in [0.2, 0.25) is 0 Å². The van der Waals surface area contributed by atoms with Gasteiger partial charge in [-0.05, 0) is 7.05 Å². The molecule has 0 aliphatic rings. The van der Waals surface area contributed by atoms with Crippen molar-refractivity contribution >= 4 is 11.2 Å². The van der Waals surface area contributed by atoms with E-state index in [1.807, 2.05) is 0 Å². The first kappa shape index (κ1) is 10.6. The van der Waals surface area contributed by atoms with Crippen molar-refractivity contribution in [1.82, 2.24) is 24.0 Å². The minimum Gasteiger partial charge on any atom is -0.328 e. The molecule has 0 aliphatic carbocycles. The molecule has 0 aliphatic heterocycles. The fourth-order valence-corrected chi connectivity index (χ4v) is 1.68. The second kappa shape index (κ2) is 3.60. The van der Waals surface area contributed by atoms with Gasteiger partial charge in [0.15, 0.2) is 11.2 Å². The van der Waals surface area contributed by atoms with Crippen molar-refractivity contribution in [2.45, 2.75) is 6.67 Å². The van der Waals surface area contributed by atoms with E-state index in [0.29, 0.717) is 17.8 Å². The maximum absolute atomic E-state index is 11.9. The van der Waals surface area contributed by atoms with Crippen molar-refractivity contribution in [3.05, 3.63) is 27.2 Å². The van der Waals surface area contributed by atoms with E-state index in [1.54, 1.807) is 18.7 Å². The molecule has 0 saturated heterocycles. The van der Waals surface area contributed by atoms with Crippen LogP contribution in [-0.4, -0.2) is 25.7 Å². The van der Waals surface area contributed by atoms with Gasteiger partial charge in [0, 0.05) is 14.1 Å². The summed E-state index contributed by atoms with van der Waals surface area (Å²) >= 11 is 0. The lowest BCUT2D eigenvalue weighted by atomic mass is 10.5. The highest BCUT2D eigenvalue weighted by molar-refractivity contribution is 5.69. The molecule has 0 amide bonds. The minimum absolute atomic E-state index is 0.320. The van der Waals surface area contributed by atoms with Crippen molar-refractivity contribution in [2.24, 2.45) is 14.1 Å². The van der Waals surface area contributed by atoms with Crippen molar-refractivity contribution in [3.8, 4) is 0 Å². The van der Waals surface area contributed by atoms with Crippen LogP contribution in [0.15, 0.2) is 15.9 Å². The number of imidazole rings is 1. The molecule has 7 heteroatoms. The molecule has 0 saturated carbocycles. The first-order valence-electron chi connectivity index (χ1n) is 4.83. The second-order valence-corrected chi connectivity index (χ2v) is 3.61. The van der Waals surface area contributed by atoms with Gasteiger partial charge in [0.1, 0.15) is 0 Å². The van der Waals surface area contributed by atoms with E-state index >= 15 is 0 Å². The molecule has 2 aromatic heterocycles. The van der Waals surface area contributed by atoms with E-state index in [4.69, 9.17) is 0 Å². The molecular weight excluding hydrogens is 210 g/mol. The Balaban J connectivity index is 3.00. The van der Waals surface area contributed by atoms with Crippen LogP contribution in [0.2, 0.25) is 0 Å². The molecule has 1 N–H and O–H groups in total. The average molecular weight is 223 g/mol. The largest absolute Gasteiger partial charge is 0.333 e. The van der Waals surface area contributed by atoms with Gasteiger partial charge in [-0.2, -0.15) is 0 Å². The van der Waals surface area contributed by atoms with E-state index in [9.17, 15) is 9.59 Å². The van der Waals surface area contributed by atoms with Crippen LogP contribution < -0.4 is 16.6 Å². The third kappa shape index (κ3) is 1.28.